The maximum atomic E-state index is 9.31. The third-order valence-corrected chi connectivity index (χ3v) is 2.37. The van der Waals surface area contributed by atoms with Crippen molar-refractivity contribution in [3.05, 3.63) is 0 Å². The number of aliphatic hydroxyl groups is 1. The van der Waals surface area contributed by atoms with E-state index in [-0.39, 0.29) is 6.10 Å². The maximum absolute atomic E-state index is 9.31. The normalized spacial score (nSPS) is 33.3. The summed E-state index contributed by atoms with van der Waals surface area (Å²) in [6.07, 6.45) is 3.13. The number of hydrogen-bond acceptors (Lipinski definition) is 1. The Bertz CT molecular complexity index is 112. The molecule has 1 aliphatic rings. The number of nitrogens with zero attached hydrogens (tertiary/aromatic N) is 1. The SMILES string of the molecule is C[N+]1(C)CCCC(O)CC1. The molecule has 1 heterocycles. The fraction of sp³-hybridized carbons (Fsp3) is 1.00. The number of quaternary nitrogens is 1. The van der Waals surface area contributed by atoms with Crippen LogP contribution in [-0.4, -0.2) is 42.9 Å². The number of hydrogen-bond donors (Lipinski definition) is 1. The average molecular weight is 144 g/mol. The Balaban J connectivity index is 2.41. The van der Waals surface area contributed by atoms with E-state index >= 15 is 0 Å². The molecule has 0 aromatic rings. The third-order valence-electron chi connectivity index (χ3n) is 2.37. The summed E-state index contributed by atoms with van der Waals surface area (Å²) < 4.78 is 1.08. The van der Waals surface area contributed by atoms with Crippen molar-refractivity contribution >= 4 is 0 Å². The molecule has 1 aliphatic heterocycles. The molecule has 0 saturated carbocycles. The van der Waals surface area contributed by atoms with E-state index in [2.05, 4.69) is 14.1 Å². The minimum Gasteiger partial charge on any atom is -0.393 e. The van der Waals surface area contributed by atoms with Crippen LogP contribution < -0.4 is 0 Å². The zero-order chi connectivity index (χ0) is 7.61. The van der Waals surface area contributed by atoms with Gasteiger partial charge in [0, 0.05) is 6.42 Å². The fourth-order valence-electron chi connectivity index (χ4n) is 1.51. The number of rotatable bonds is 0. The van der Waals surface area contributed by atoms with Gasteiger partial charge in [0.15, 0.2) is 0 Å². The van der Waals surface area contributed by atoms with Crippen molar-refractivity contribution in [2.75, 3.05) is 27.2 Å². The van der Waals surface area contributed by atoms with Gasteiger partial charge >= 0.3 is 0 Å². The van der Waals surface area contributed by atoms with Crippen LogP contribution in [0.1, 0.15) is 19.3 Å². The highest BCUT2D eigenvalue weighted by molar-refractivity contribution is 4.58. The molecule has 1 unspecified atom stereocenters. The quantitative estimate of drug-likeness (QED) is 0.494. The summed E-state index contributed by atoms with van der Waals surface area (Å²) >= 11 is 0. The minimum absolute atomic E-state index is 0.0279. The summed E-state index contributed by atoms with van der Waals surface area (Å²) in [6, 6.07) is 0. The van der Waals surface area contributed by atoms with E-state index < -0.39 is 0 Å². The van der Waals surface area contributed by atoms with Gasteiger partial charge in [-0.1, -0.05) is 0 Å². The maximum Gasteiger partial charge on any atom is 0.0807 e. The van der Waals surface area contributed by atoms with Gasteiger partial charge < -0.3 is 9.59 Å². The van der Waals surface area contributed by atoms with E-state index in [1.54, 1.807) is 0 Å². The number of aliphatic hydroxyl groups excluding tert-OH is 1. The second-order valence-electron chi connectivity index (χ2n) is 3.97. The summed E-state index contributed by atoms with van der Waals surface area (Å²) in [5.41, 5.74) is 0. The van der Waals surface area contributed by atoms with E-state index in [1.807, 2.05) is 0 Å². The highest BCUT2D eigenvalue weighted by Gasteiger charge is 2.21. The lowest BCUT2D eigenvalue weighted by Crippen LogP contribution is -2.40. The zero-order valence-corrected chi connectivity index (χ0v) is 7.01. The smallest absolute Gasteiger partial charge is 0.0807 e. The summed E-state index contributed by atoms with van der Waals surface area (Å²) in [6.45, 7) is 2.35. The van der Waals surface area contributed by atoms with Crippen molar-refractivity contribution < 1.29 is 9.59 Å². The molecule has 0 radical (unpaired) electrons. The summed E-state index contributed by atoms with van der Waals surface area (Å²) in [5, 5.41) is 9.31. The molecule has 1 rings (SSSR count). The Morgan fingerprint density at radius 1 is 1.20 bits per heavy atom. The van der Waals surface area contributed by atoms with Crippen molar-refractivity contribution in [2.24, 2.45) is 0 Å². The second kappa shape index (κ2) is 2.89. The van der Waals surface area contributed by atoms with Gasteiger partial charge in [0.1, 0.15) is 0 Å². The van der Waals surface area contributed by atoms with Crippen LogP contribution in [-0.2, 0) is 0 Å². The van der Waals surface area contributed by atoms with Crippen LogP contribution in [0, 0.1) is 0 Å². The minimum atomic E-state index is -0.0279. The van der Waals surface area contributed by atoms with Crippen molar-refractivity contribution in [1.82, 2.24) is 0 Å². The lowest BCUT2D eigenvalue weighted by atomic mass is 10.2. The van der Waals surface area contributed by atoms with E-state index in [1.165, 1.54) is 13.0 Å². The topological polar surface area (TPSA) is 20.2 Å². The van der Waals surface area contributed by atoms with Crippen LogP contribution in [0.25, 0.3) is 0 Å². The molecule has 0 amide bonds. The molecule has 1 saturated heterocycles. The fourth-order valence-corrected chi connectivity index (χ4v) is 1.51. The first-order valence-corrected chi connectivity index (χ1v) is 4.10. The average Bonchev–Trinajstić information content (AvgIpc) is 1.94. The molecule has 0 aromatic carbocycles. The van der Waals surface area contributed by atoms with Gasteiger partial charge in [-0.2, -0.15) is 0 Å². The molecule has 1 fully saturated rings. The van der Waals surface area contributed by atoms with Gasteiger partial charge in [-0.15, -0.1) is 0 Å². The molecule has 2 heteroatoms. The molecule has 0 bridgehead atoms. The summed E-state index contributed by atoms with van der Waals surface area (Å²) in [4.78, 5) is 0. The predicted molar refractivity (Wildman–Crippen MR) is 41.7 cm³/mol. The lowest BCUT2D eigenvalue weighted by Gasteiger charge is -2.27. The van der Waals surface area contributed by atoms with Gasteiger partial charge in [0.05, 0.1) is 33.3 Å². The molecule has 1 atom stereocenters. The molecule has 0 spiro atoms. The Labute approximate surface area is 63.1 Å². The monoisotopic (exact) mass is 144 g/mol. The zero-order valence-electron chi connectivity index (χ0n) is 7.01. The van der Waals surface area contributed by atoms with E-state index in [0.29, 0.717) is 0 Å². The van der Waals surface area contributed by atoms with E-state index in [0.717, 1.165) is 23.9 Å². The highest BCUT2D eigenvalue weighted by Crippen LogP contribution is 2.13. The second-order valence-corrected chi connectivity index (χ2v) is 3.97. The molecule has 60 valence electrons. The Hall–Kier alpha value is -0.0800. The molecule has 10 heavy (non-hydrogen) atoms. The molecule has 0 aromatic heterocycles. The van der Waals surface area contributed by atoms with Crippen molar-refractivity contribution in [3.63, 3.8) is 0 Å². The molecular formula is C8H18NO+. The Morgan fingerprint density at radius 3 is 2.60 bits per heavy atom. The largest absolute Gasteiger partial charge is 0.393 e. The number of likely N-dealkylation sites (tertiary alicyclic amines) is 1. The highest BCUT2D eigenvalue weighted by atomic mass is 16.3. The Kier molecular flexibility index (Phi) is 2.32. The van der Waals surface area contributed by atoms with Crippen molar-refractivity contribution in [2.45, 2.75) is 25.4 Å². The summed E-state index contributed by atoms with van der Waals surface area (Å²) in [7, 11) is 4.47. The molecule has 2 nitrogen and oxygen atoms in total. The first-order chi connectivity index (χ1) is 4.60. The van der Waals surface area contributed by atoms with Crippen LogP contribution >= 0.6 is 0 Å². The molecular weight excluding hydrogens is 126 g/mol. The van der Waals surface area contributed by atoms with Gasteiger partial charge in [-0.05, 0) is 12.8 Å². The first-order valence-electron chi connectivity index (χ1n) is 4.10. The Morgan fingerprint density at radius 2 is 1.90 bits per heavy atom. The standard InChI is InChI=1S/C8H18NO/c1-9(2)6-3-4-8(10)5-7-9/h8,10H,3-7H2,1-2H3/q+1. The van der Waals surface area contributed by atoms with Crippen LogP contribution in [0.5, 0.6) is 0 Å². The van der Waals surface area contributed by atoms with Gasteiger partial charge in [0.2, 0.25) is 0 Å². The van der Waals surface area contributed by atoms with Crippen molar-refractivity contribution in [3.8, 4) is 0 Å². The summed E-state index contributed by atoms with van der Waals surface area (Å²) in [5.74, 6) is 0. The van der Waals surface area contributed by atoms with Gasteiger partial charge in [-0.25, -0.2) is 0 Å². The molecule has 0 aliphatic carbocycles. The predicted octanol–water partition coefficient (Wildman–Crippen LogP) is 0.608. The first kappa shape index (κ1) is 8.02. The van der Waals surface area contributed by atoms with E-state index in [9.17, 15) is 5.11 Å². The van der Waals surface area contributed by atoms with Crippen LogP contribution in [0.15, 0.2) is 0 Å². The van der Waals surface area contributed by atoms with Crippen LogP contribution in [0.4, 0.5) is 0 Å². The van der Waals surface area contributed by atoms with Crippen LogP contribution in [0.2, 0.25) is 0 Å². The van der Waals surface area contributed by atoms with Crippen molar-refractivity contribution in [1.29, 1.82) is 0 Å². The van der Waals surface area contributed by atoms with E-state index in [4.69, 9.17) is 0 Å². The lowest BCUT2D eigenvalue weighted by molar-refractivity contribution is -0.889. The van der Waals surface area contributed by atoms with Crippen LogP contribution in [0.3, 0.4) is 0 Å². The third kappa shape index (κ3) is 2.27. The molecule has 1 N–H and O–H groups in total. The van der Waals surface area contributed by atoms with Gasteiger partial charge in [-0.3, -0.25) is 0 Å². The van der Waals surface area contributed by atoms with Gasteiger partial charge in [0.25, 0.3) is 0 Å².